The van der Waals surface area contributed by atoms with Crippen molar-refractivity contribution < 1.29 is 4.43 Å². The molecule has 2 aromatic rings. The Bertz CT molecular complexity index is 909. The first-order valence-corrected chi connectivity index (χ1v) is 16.1. The van der Waals surface area contributed by atoms with Crippen molar-refractivity contribution in [2.24, 2.45) is 0 Å². The average Bonchev–Trinajstić information content (AvgIpc) is 2.81. The lowest BCUT2D eigenvalue weighted by Crippen LogP contribution is -2.56. The van der Waals surface area contributed by atoms with E-state index in [1.807, 2.05) is 0 Å². The summed E-state index contributed by atoms with van der Waals surface area (Å²) in [6, 6.07) is 20.3. The molecule has 0 bridgehead atoms. The van der Waals surface area contributed by atoms with Gasteiger partial charge in [-0.3, -0.25) is 4.90 Å². The van der Waals surface area contributed by atoms with Crippen molar-refractivity contribution in [1.82, 2.24) is 10.2 Å². The second kappa shape index (κ2) is 10.0. The van der Waals surface area contributed by atoms with Gasteiger partial charge in [0.2, 0.25) is 8.32 Å². The molecule has 1 N–H and O–H groups in total. The summed E-state index contributed by atoms with van der Waals surface area (Å²) in [5.74, 6) is 0.997. The van der Waals surface area contributed by atoms with Crippen molar-refractivity contribution in [3.63, 3.8) is 0 Å². The first-order valence-electron chi connectivity index (χ1n) is 13.2. The summed E-state index contributed by atoms with van der Waals surface area (Å²) in [6.45, 7) is 18.6. The first kappa shape index (κ1) is 25.3. The van der Waals surface area contributed by atoms with Gasteiger partial charge in [0.25, 0.3) is 0 Å². The Morgan fingerprint density at radius 1 is 0.912 bits per heavy atom. The van der Waals surface area contributed by atoms with Crippen LogP contribution >= 0.6 is 0 Å². The molecule has 0 unspecified atom stereocenters. The van der Waals surface area contributed by atoms with E-state index in [-0.39, 0.29) is 5.04 Å². The number of nitrogens with one attached hydrogen (secondary N) is 1. The van der Waals surface area contributed by atoms with Gasteiger partial charge in [-0.25, -0.2) is 0 Å². The highest BCUT2D eigenvalue weighted by molar-refractivity contribution is 6.74. The van der Waals surface area contributed by atoms with Crippen molar-refractivity contribution in [3.05, 3.63) is 54.6 Å². The number of benzene rings is 2. The van der Waals surface area contributed by atoms with Crippen LogP contribution in [0.5, 0.6) is 5.75 Å². The number of para-hydroxylation sites is 1. The molecule has 2 aliphatic rings. The molecule has 2 fully saturated rings. The second-order valence-electron chi connectivity index (χ2n) is 12.0. The fourth-order valence-corrected chi connectivity index (χ4v) is 6.26. The Morgan fingerprint density at radius 2 is 1.47 bits per heavy atom. The van der Waals surface area contributed by atoms with Gasteiger partial charge in [0.1, 0.15) is 5.75 Å². The topological polar surface area (TPSA) is 27.7 Å². The molecule has 0 saturated carbocycles. The smallest absolute Gasteiger partial charge is 0.250 e. The van der Waals surface area contributed by atoms with Gasteiger partial charge in [-0.2, -0.15) is 0 Å². The van der Waals surface area contributed by atoms with Crippen LogP contribution in [0.4, 0.5) is 11.4 Å². The van der Waals surface area contributed by atoms with Crippen LogP contribution in [0.2, 0.25) is 18.1 Å². The number of hydrogen-bond donors (Lipinski definition) is 1. The largest absolute Gasteiger partial charge is 0.544 e. The summed E-state index contributed by atoms with van der Waals surface area (Å²) in [5.41, 5.74) is 2.91. The molecule has 186 valence electrons. The van der Waals surface area contributed by atoms with E-state index < -0.39 is 8.32 Å². The standard InChI is InChI=1S/C29H45N3OSi/c1-28(2,3)34(5,6)33-27-14-12-25(13-15-27)32(24-10-8-7-9-11-24)26-16-22-31(23-17-26)29(4)18-20-30-21-19-29/h7-15,26,30H,16-23H2,1-6H3. The molecule has 0 atom stereocenters. The van der Waals surface area contributed by atoms with E-state index in [4.69, 9.17) is 4.43 Å². The zero-order chi connectivity index (χ0) is 24.4. The van der Waals surface area contributed by atoms with Crippen molar-refractivity contribution in [2.75, 3.05) is 31.1 Å². The lowest BCUT2D eigenvalue weighted by Gasteiger charge is -2.49. The summed E-state index contributed by atoms with van der Waals surface area (Å²) in [5, 5.41) is 3.73. The van der Waals surface area contributed by atoms with Crippen molar-refractivity contribution in [1.29, 1.82) is 0 Å². The molecule has 2 aliphatic heterocycles. The van der Waals surface area contributed by atoms with Crippen molar-refractivity contribution in [2.45, 2.75) is 83.1 Å². The Balaban J connectivity index is 1.52. The van der Waals surface area contributed by atoms with Gasteiger partial charge in [-0.15, -0.1) is 0 Å². The molecular weight excluding hydrogens is 434 g/mol. The summed E-state index contributed by atoms with van der Waals surface area (Å²) in [7, 11) is -1.84. The first-order chi connectivity index (χ1) is 16.1. The summed E-state index contributed by atoms with van der Waals surface area (Å²) in [4.78, 5) is 5.34. The molecule has 0 aliphatic carbocycles. The lowest BCUT2D eigenvalue weighted by molar-refractivity contribution is 0.0493. The average molecular weight is 480 g/mol. The molecule has 2 aromatic carbocycles. The minimum absolute atomic E-state index is 0.195. The van der Waals surface area contributed by atoms with Crippen LogP contribution in [0.25, 0.3) is 0 Å². The number of rotatable bonds is 6. The predicted octanol–water partition coefficient (Wildman–Crippen LogP) is 6.82. The molecule has 0 radical (unpaired) electrons. The minimum Gasteiger partial charge on any atom is -0.544 e. The molecule has 0 aromatic heterocycles. The summed E-state index contributed by atoms with van der Waals surface area (Å²) >= 11 is 0. The van der Waals surface area contributed by atoms with Gasteiger partial charge in [0, 0.05) is 36.0 Å². The fraction of sp³-hybridized carbons (Fsp3) is 0.586. The molecule has 2 heterocycles. The van der Waals surface area contributed by atoms with E-state index in [2.05, 4.69) is 111 Å². The van der Waals surface area contributed by atoms with Gasteiger partial charge < -0.3 is 14.6 Å². The van der Waals surface area contributed by atoms with Gasteiger partial charge >= 0.3 is 0 Å². The third-order valence-electron chi connectivity index (χ3n) is 8.60. The van der Waals surface area contributed by atoms with E-state index >= 15 is 0 Å². The van der Waals surface area contributed by atoms with Gasteiger partial charge in [0.15, 0.2) is 0 Å². The zero-order valence-corrected chi connectivity index (χ0v) is 23.2. The third kappa shape index (κ3) is 5.53. The predicted molar refractivity (Wildman–Crippen MR) is 148 cm³/mol. The van der Waals surface area contributed by atoms with E-state index in [0.717, 1.165) is 18.8 Å². The summed E-state index contributed by atoms with van der Waals surface area (Å²) < 4.78 is 6.55. The van der Waals surface area contributed by atoms with Crippen LogP contribution in [-0.4, -0.2) is 51.0 Å². The molecule has 34 heavy (non-hydrogen) atoms. The zero-order valence-electron chi connectivity index (χ0n) is 22.2. The van der Waals surface area contributed by atoms with Crippen LogP contribution in [-0.2, 0) is 0 Å². The van der Waals surface area contributed by atoms with Crippen LogP contribution < -0.4 is 14.6 Å². The number of hydrogen-bond acceptors (Lipinski definition) is 4. The Morgan fingerprint density at radius 3 is 2.03 bits per heavy atom. The maximum Gasteiger partial charge on any atom is 0.250 e. The van der Waals surface area contributed by atoms with Crippen LogP contribution in [0, 0.1) is 0 Å². The normalized spacial score (nSPS) is 20.2. The van der Waals surface area contributed by atoms with Crippen LogP contribution in [0.3, 0.4) is 0 Å². The van der Waals surface area contributed by atoms with Crippen molar-refractivity contribution >= 4 is 19.7 Å². The third-order valence-corrected chi connectivity index (χ3v) is 13.0. The highest BCUT2D eigenvalue weighted by Crippen LogP contribution is 2.39. The molecule has 4 rings (SSSR count). The number of anilines is 2. The molecule has 0 spiro atoms. The SMILES string of the molecule is CC1(N2CCC(N(c3ccccc3)c3ccc(O[Si](C)(C)C(C)(C)C)cc3)CC2)CCNCC1. The Labute approximate surface area is 208 Å². The quantitative estimate of drug-likeness (QED) is 0.460. The van der Waals surface area contributed by atoms with E-state index in [9.17, 15) is 0 Å². The van der Waals surface area contributed by atoms with Gasteiger partial charge in [-0.05, 0) is 100 Å². The highest BCUT2D eigenvalue weighted by Gasteiger charge is 2.39. The molecular formula is C29H45N3OSi. The van der Waals surface area contributed by atoms with Crippen molar-refractivity contribution in [3.8, 4) is 5.75 Å². The number of likely N-dealkylation sites (tertiary alicyclic amines) is 1. The molecule has 4 nitrogen and oxygen atoms in total. The van der Waals surface area contributed by atoms with Crippen LogP contribution in [0.1, 0.15) is 53.4 Å². The minimum atomic E-state index is -1.84. The Kier molecular flexibility index (Phi) is 7.46. The van der Waals surface area contributed by atoms with E-state index in [0.29, 0.717) is 11.6 Å². The maximum absolute atomic E-state index is 6.55. The maximum atomic E-state index is 6.55. The molecule has 5 heteroatoms. The monoisotopic (exact) mass is 479 g/mol. The number of piperidine rings is 2. The summed E-state index contributed by atoms with van der Waals surface area (Å²) in [6.07, 6.45) is 4.91. The second-order valence-corrected chi connectivity index (χ2v) is 16.8. The van der Waals surface area contributed by atoms with Crippen LogP contribution in [0.15, 0.2) is 54.6 Å². The van der Waals surface area contributed by atoms with E-state index in [1.165, 1.54) is 50.1 Å². The fourth-order valence-electron chi connectivity index (χ4n) is 5.23. The molecule has 0 amide bonds. The number of nitrogens with zero attached hydrogens (tertiary/aromatic N) is 2. The highest BCUT2D eigenvalue weighted by atomic mass is 28.4. The lowest BCUT2D eigenvalue weighted by atomic mass is 9.86. The van der Waals surface area contributed by atoms with Gasteiger partial charge in [0.05, 0.1) is 0 Å². The van der Waals surface area contributed by atoms with E-state index in [1.54, 1.807) is 0 Å². The Hall–Kier alpha value is -1.82. The van der Waals surface area contributed by atoms with Gasteiger partial charge in [-0.1, -0.05) is 39.0 Å². The molecule has 2 saturated heterocycles.